The molecule has 3 N–H and O–H groups in total. The molecule has 1 atom stereocenters. The van der Waals surface area contributed by atoms with Crippen molar-refractivity contribution in [3.05, 3.63) is 53.2 Å². The highest BCUT2D eigenvalue weighted by Crippen LogP contribution is 2.31. The molecule has 0 bridgehead atoms. The number of anilines is 2. The van der Waals surface area contributed by atoms with Crippen LogP contribution < -0.4 is 11.1 Å². The summed E-state index contributed by atoms with van der Waals surface area (Å²) in [5.74, 6) is -1.96. The van der Waals surface area contributed by atoms with Crippen LogP contribution in [0.15, 0.2) is 31.1 Å². The zero-order valence-electron chi connectivity index (χ0n) is 19.7. The lowest BCUT2D eigenvalue weighted by Crippen LogP contribution is -2.27. The van der Waals surface area contributed by atoms with Gasteiger partial charge < -0.3 is 20.9 Å². The Labute approximate surface area is 210 Å². The van der Waals surface area contributed by atoms with Crippen molar-refractivity contribution in [2.45, 2.75) is 18.9 Å². The number of nitrogens with two attached hydrogens (primary N) is 1. The number of likely N-dealkylation sites (N-methyl/N-ethyl adjacent to an activating group) is 1. The number of hydrogen-bond acceptors (Lipinski definition) is 7. The van der Waals surface area contributed by atoms with Crippen LogP contribution in [0.4, 0.5) is 15.9 Å². The maximum absolute atomic E-state index is 14.8. The predicted molar refractivity (Wildman–Crippen MR) is 132 cm³/mol. The number of benzene rings is 1. The SMILES string of the molecule is C=CC(=O)N1CC[C@@H](n2nc(C(=O)Nc3ccc(CC(=O)N(C)C)c(F)c3Cl)c3c(N)ncnc32)C1. The Hall–Kier alpha value is -4.06. The summed E-state index contributed by atoms with van der Waals surface area (Å²) in [6, 6.07) is 2.55. The lowest BCUT2D eigenvalue weighted by atomic mass is 10.1. The second-order valence-electron chi connectivity index (χ2n) is 8.50. The van der Waals surface area contributed by atoms with E-state index in [0.29, 0.717) is 25.2 Å². The monoisotopic (exact) mass is 514 g/mol. The normalized spacial score (nSPS) is 15.2. The van der Waals surface area contributed by atoms with Crippen molar-refractivity contribution in [1.82, 2.24) is 29.5 Å². The van der Waals surface area contributed by atoms with Gasteiger partial charge in [0.25, 0.3) is 5.91 Å². The van der Waals surface area contributed by atoms with Gasteiger partial charge in [-0.15, -0.1) is 0 Å². The zero-order valence-corrected chi connectivity index (χ0v) is 20.4. The second-order valence-corrected chi connectivity index (χ2v) is 8.88. The number of carbonyl (C=O) groups excluding carboxylic acids is 3. The fourth-order valence-electron chi connectivity index (χ4n) is 4.00. The lowest BCUT2D eigenvalue weighted by Gasteiger charge is -2.14. The topological polar surface area (TPSA) is 139 Å². The average Bonchev–Trinajstić information content (AvgIpc) is 3.49. The van der Waals surface area contributed by atoms with E-state index < -0.39 is 11.7 Å². The molecular weight excluding hydrogens is 491 g/mol. The second kappa shape index (κ2) is 9.90. The van der Waals surface area contributed by atoms with Crippen molar-refractivity contribution in [2.24, 2.45) is 0 Å². The van der Waals surface area contributed by atoms with E-state index in [1.165, 1.54) is 29.4 Å². The highest BCUT2D eigenvalue weighted by molar-refractivity contribution is 6.34. The molecule has 11 nitrogen and oxygen atoms in total. The molecule has 4 rings (SSSR count). The van der Waals surface area contributed by atoms with E-state index in [1.807, 2.05) is 0 Å². The van der Waals surface area contributed by atoms with Gasteiger partial charge in [0.2, 0.25) is 11.8 Å². The van der Waals surface area contributed by atoms with Crippen LogP contribution >= 0.6 is 11.6 Å². The van der Waals surface area contributed by atoms with Crippen molar-refractivity contribution < 1.29 is 18.8 Å². The van der Waals surface area contributed by atoms with Crippen LogP contribution in [-0.4, -0.2) is 74.5 Å². The molecule has 188 valence electrons. The van der Waals surface area contributed by atoms with E-state index in [9.17, 15) is 18.8 Å². The molecule has 3 amide bonds. The molecule has 3 aromatic rings. The number of nitrogens with one attached hydrogen (secondary N) is 1. The van der Waals surface area contributed by atoms with Crippen LogP contribution in [0, 0.1) is 5.82 Å². The number of aromatic nitrogens is 4. The Bertz CT molecular complexity index is 1390. The molecular formula is C23H24ClFN8O3. The number of amides is 3. The average molecular weight is 515 g/mol. The maximum Gasteiger partial charge on any atom is 0.277 e. The summed E-state index contributed by atoms with van der Waals surface area (Å²) in [6.07, 6.45) is 2.92. The maximum atomic E-state index is 14.8. The largest absolute Gasteiger partial charge is 0.383 e. The molecule has 36 heavy (non-hydrogen) atoms. The third kappa shape index (κ3) is 4.59. The van der Waals surface area contributed by atoms with Gasteiger partial charge in [0.05, 0.1) is 23.5 Å². The first-order valence-corrected chi connectivity index (χ1v) is 11.4. The third-order valence-electron chi connectivity index (χ3n) is 5.98. The Morgan fingerprint density at radius 2 is 2.08 bits per heavy atom. The number of fused-ring (bicyclic) bond motifs is 1. The molecule has 1 aromatic carbocycles. The highest BCUT2D eigenvalue weighted by atomic mass is 35.5. The minimum atomic E-state index is -0.805. The number of hydrogen-bond donors (Lipinski definition) is 2. The highest BCUT2D eigenvalue weighted by Gasteiger charge is 2.31. The number of rotatable bonds is 6. The van der Waals surface area contributed by atoms with Crippen LogP contribution in [0.3, 0.4) is 0 Å². The fourth-order valence-corrected chi connectivity index (χ4v) is 4.24. The van der Waals surface area contributed by atoms with Crippen molar-refractivity contribution in [2.75, 3.05) is 38.2 Å². The van der Waals surface area contributed by atoms with Crippen molar-refractivity contribution >= 4 is 51.9 Å². The minimum absolute atomic E-state index is 0.00182. The molecule has 0 saturated carbocycles. The molecule has 0 aliphatic carbocycles. The van der Waals surface area contributed by atoms with Gasteiger partial charge in [-0.2, -0.15) is 5.10 Å². The fraction of sp³-hybridized carbons (Fsp3) is 0.304. The van der Waals surface area contributed by atoms with Gasteiger partial charge in [-0.05, 0) is 24.1 Å². The standard InChI is InChI=1S/C23H24ClFN8O3/c1-4-15(34)32-8-7-13(10-32)33-22-17(21(26)27-11-28-22)20(30-33)23(36)29-14-6-5-12(19(25)18(14)24)9-16(35)31(2)3/h4-6,11,13H,1,7-10H2,2-3H3,(H,29,36)(H2,26,27,28)/t13-/m1/s1. The van der Waals surface area contributed by atoms with Gasteiger partial charge in [0.1, 0.15) is 23.0 Å². The van der Waals surface area contributed by atoms with Crippen LogP contribution in [-0.2, 0) is 16.0 Å². The summed E-state index contributed by atoms with van der Waals surface area (Å²) in [6.45, 7) is 4.37. The van der Waals surface area contributed by atoms with Crippen molar-refractivity contribution in [3.63, 3.8) is 0 Å². The van der Waals surface area contributed by atoms with Crippen LogP contribution in [0.2, 0.25) is 5.02 Å². The zero-order chi connectivity index (χ0) is 26.1. The van der Waals surface area contributed by atoms with Gasteiger partial charge >= 0.3 is 0 Å². The summed E-state index contributed by atoms with van der Waals surface area (Å²) in [5, 5.41) is 6.90. The van der Waals surface area contributed by atoms with E-state index in [-0.39, 0.29) is 57.4 Å². The van der Waals surface area contributed by atoms with Gasteiger partial charge in [-0.25, -0.2) is 19.0 Å². The number of nitrogens with zero attached hydrogens (tertiary/aromatic N) is 6. The van der Waals surface area contributed by atoms with Gasteiger partial charge in [-0.3, -0.25) is 14.4 Å². The van der Waals surface area contributed by atoms with Gasteiger partial charge in [-0.1, -0.05) is 24.2 Å². The predicted octanol–water partition coefficient (Wildman–Crippen LogP) is 2.04. The van der Waals surface area contributed by atoms with E-state index in [4.69, 9.17) is 17.3 Å². The molecule has 0 radical (unpaired) electrons. The summed E-state index contributed by atoms with van der Waals surface area (Å²) in [7, 11) is 3.13. The Balaban J connectivity index is 1.65. The van der Waals surface area contributed by atoms with E-state index in [1.54, 1.807) is 23.7 Å². The third-order valence-corrected chi connectivity index (χ3v) is 6.35. The molecule has 1 saturated heterocycles. The van der Waals surface area contributed by atoms with Crippen LogP contribution in [0.25, 0.3) is 11.0 Å². The number of likely N-dealkylation sites (tertiary alicyclic amines) is 1. The van der Waals surface area contributed by atoms with Gasteiger partial charge in [0, 0.05) is 27.2 Å². The van der Waals surface area contributed by atoms with E-state index in [0.717, 1.165) is 0 Å². The summed E-state index contributed by atoms with van der Waals surface area (Å²) >= 11 is 6.18. The van der Waals surface area contributed by atoms with Gasteiger partial charge in [0.15, 0.2) is 11.3 Å². The Kier molecular flexibility index (Phi) is 6.88. The molecule has 1 aliphatic heterocycles. The van der Waals surface area contributed by atoms with E-state index in [2.05, 4.69) is 27.0 Å². The van der Waals surface area contributed by atoms with E-state index >= 15 is 0 Å². The Morgan fingerprint density at radius 3 is 2.78 bits per heavy atom. The van der Waals surface area contributed by atoms with Crippen molar-refractivity contribution in [3.8, 4) is 0 Å². The first kappa shape index (κ1) is 25.0. The molecule has 0 spiro atoms. The first-order chi connectivity index (χ1) is 17.1. The summed E-state index contributed by atoms with van der Waals surface area (Å²) < 4.78 is 16.4. The van der Waals surface area contributed by atoms with Crippen LogP contribution in [0.1, 0.15) is 28.5 Å². The van der Waals surface area contributed by atoms with Crippen molar-refractivity contribution in [1.29, 1.82) is 0 Å². The first-order valence-electron chi connectivity index (χ1n) is 11.0. The molecule has 2 aromatic heterocycles. The molecule has 0 unspecified atom stereocenters. The lowest BCUT2D eigenvalue weighted by molar-refractivity contribution is -0.128. The smallest absolute Gasteiger partial charge is 0.277 e. The quantitative estimate of drug-likeness (QED) is 0.480. The number of nitrogen functional groups attached to an aromatic ring is 1. The molecule has 3 heterocycles. The minimum Gasteiger partial charge on any atom is -0.383 e. The number of carbonyl (C=O) groups is 3. The summed E-state index contributed by atoms with van der Waals surface area (Å²) in [4.78, 5) is 48.4. The summed E-state index contributed by atoms with van der Waals surface area (Å²) in [5.41, 5.74) is 6.42. The molecule has 1 fully saturated rings. The number of halogens is 2. The molecule has 1 aliphatic rings. The van der Waals surface area contributed by atoms with Crippen LogP contribution in [0.5, 0.6) is 0 Å². The molecule has 13 heteroatoms. The Morgan fingerprint density at radius 1 is 1.33 bits per heavy atom.